The number of morpholine rings is 1. The van der Waals surface area contributed by atoms with Gasteiger partial charge in [0, 0.05) is 41.9 Å². The van der Waals surface area contributed by atoms with Crippen molar-refractivity contribution >= 4 is 29.1 Å². The average Bonchev–Trinajstić information content (AvgIpc) is 3.50. The number of aromatic nitrogens is 2. The molecule has 1 N–H and O–H groups in total. The van der Waals surface area contributed by atoms with E-state index in [0.29, 0.717) is 50.5 Å². The molecule has 12 heteroatoms. The topological polar surface area (TPSA) is 121 Å². The number of aryl methyl sites for hydroxylation is 1. The van der Waals surface area contributed by atoms with Crippen LogP contribution in [0.4, 0.5) is 20.2 Å². The number of carbonyl (C=O) groups excluding carboxylic acids is 3. The Bertz CT molecular complexity index is 1850. The molecule has 4 aromatic rings. The van der Waals surface area contributed by atoms with Crippen molar-refractivity contribution < 1.29 is 27.9 Å². The van der Waals surface area contributed by atoms with E-state index in [9.17, 15) is 19.6 Å². The molecule has 3 aromatic carbocycles. The van der Waals surface area contributed by atoms with Crippen molar-refractivity contribution in [2.24, 2.45) is 0 Å². The average molecular weight is 639 g/mol. The van der Waals surface area contributed by atoms with E-state index in [1.165, 1.54) is 58.2 Å². The number of amides is 3. The summed E-state index contributed by atoms with van der Waals surface area (Å²) >= 11 is 0. The van der Waals surface area contributed by atoms with Crippen LogP contribution in [0.2, 0.25) is 0 Å². The maximum Gasteiger partial charge on any atom is 0.298 e. The van der Waals surface area contributed by atoms with Gasteiger partial charge in [-0.3, -0.25) is 19.1 Å². The zero-order valence-corrected chi connectivity index (χ0v) is 25.7. The molecule has 1 aromatic heterocycles. The van der Waals surface area contributed by atoms with Crippen LogP contribution in [-0.2, 0) is 28.4 Å². The quantitative estimate of drug-likeness (QED) is 0.291. The second-order valence-electron chi connectivity index (χ2n) is 11.5. The van der Waals surface area contributed by atoms with Gasteiger partial charge in [0.1, 0.15) is 5.69 Å². The Labute approximate surface area is 270 Å². The highest BCUT2D eigenvalue weighted by Gasteiger charge is 2.37. The second-order valence-corrected chi connectivity index (χ2v) is 11.5. The number of hydrogen-bond acceptors (Lipinski definition) is 6. The summed E-state index contributed by atoms with van der Waals surface area (Å²) in [6, 6.07) is 19.6. The summed E-state index contributed by atoms with van der Waals surface area (Å²) in [5, 5.41) is 16.8. The van der Waals surface area contributed by atoms with E-state index >= 15 is 8.78 Å². The van der Waals surface area contributed by atoms with E-state index in [1.54, 1.807) is 35.2 Å². The predicted octanol–water partition coefficient (Wildman–Crippen LogP) is 4.99. The van der Waals surface area contributed by atoms with Crippen LogP contribution < -0.4 is 10.2 Å². The zero-order chi connectivity index (χ0) is 33.1. The molecule has 1 saturated heterocycles. The van der Waals surface area contributed by atoms with Crippen LogP contribution in [0.5, 0.6) is 0 Å². The van der Waals surface area contributed by atoms with Gasteiger partial charge in [-0.2, -0.15) is 19.1 Å². The Morgan fingerprint density at radius 1 is 1.04 bits per heavy atom. The summed E-state index contributed by atoms with van der Waals surface area (Å²) in [7, 11) is 0. The maximum atomic E-state index is 15.1. The van der Waals surface area contributed by atoms with Crippen molar-refractivity contribution in [3.8, 4) is 6.07 Å². The predicted molar refractivity (Wildman–Crippen MR) is 169 cm³/mol. The molecule has 2 aliphatic heterocycles. The molecular weight excluding hydrogens is 606 g/mol. The number of nitrogens with zero attached hydrogens (tertiary/aromatic N) is 5. The van der Waals surface area contributed by atoms with Gasteiger partial charge in [0.15, 0.2) is 0 Å². The van der Waals surface area contributed by atoms with Crippen LogP contribution >= 0.6 is 0 Å². The number of halogens is 2. The molecule has 0 spiro atoms. The molecule has 6 rings (SSSR count). The largest absolute Gasteiger partial charge is 0.378 e. The Kier molecular flexibility index (Phi) is 8.82. The first-order valence-electron chi connectivity index (χ1n) is 15.3. The highest BCUT2D eigenvalue weighted by atomic mass is 19.3. The minimum absolute atomic E-state index is 0.0147. The number of benzene rings is 3. The highest BCUT2D eigenvalue weighted by molar-refractivity contribution is 6.13. The monoisotopic (exact) mass is 638 g/mol. The van der Waals surface area contributed by atoms with Crippen LogP contribution in [-0.4, -0.2) is 64.7 Å². The first-order valence-corrected chi connectivity index (χ1v) is 15.3. The van der Waals surface area contributed by atoms with Crippen molar-refractivity contribution in [3.05, 3.63) is 113 Å². The molecule has 1 atom stereocenters. The minimum Gasteiger partial charge on any atom is -0.378 e. The molecule has 3 amide bonds. The van der Waals surface area contributed by atoms with Gasteiger partial charge in [-0.15, -0.1) is 0 Å². The van der Waals surface area contributed by atoms with Crippen molar-refractivity contribution in [3.63, 3.8) is 0 Å². The molecule has 0 radical (unpaired) electrons. The van der Waals surface area contributed by atoms with Gasteiger partial charge >= 0.3 is 0 Å². The van der Waals surface area contributed by atoms with Gasteiger partial charge in [0.2, 0.25) is 5.91 Å². The summed E-state index contributed by atoms with van der Waals surface area (Å²) in [5.41, 5.74) is 1.57. The lowest BCUT2D eigenvalue weighted by atomic mass is 9.99. The number of anilines is 2. The molecular formula is C35H32F2N6O4. The Hall–Kier alpha value is -5.41. The zero-order valence-electron chi connectivity index (χ0n) is 25.7. The third kappa shape index (κ3) is 6.35. The summed E-state index contributed by atoms with van der Waals surface area (Å²) in [6.07, 6.45) is 1.98. The SMILES string of the molecule is C[C@H]1Cn2ncc(NC(=O)c3ccc(CCC(=O)N4CCOCC4)c(C#N)c3)c2C(=O)N1c1ccc(C(F)(F)c2ccccc2)cc1. The molecule has 2 aliphatic rings. The van der Waals surface area contributed by atoms with Gasteiger partial charge < -0.3 is 19.9 Å². The van der Waals surface area contributed by atoms with Gasteiger partial charge in [-0.1, -0.05) is 48.5 Å². The smallest absolute Gasteiger partial charge is 0.298 e. The summed E-state index contributed by atoms with van der Waals surface area (Å²) in [5.74, 6) is -4.22. The van der Waals surface area contributed by atoms with Crippen LogP contribution in [0.1, 0.15) is 56.4 Å². The Morgan fingerprint density at radius 2 is 1.74 bits per heavy atom. The molecule has 240 valence electrons. The van der Waals surface area contributed by atoms with E-state index in [1.807, 2.05) is 6.92 Å². The van der Waals surface area contributed by atoms with Crippen LogP contribution in [0.15, 0.2) is 79.0 Å². The Balaban J connectivity index is 1.16. The molecule has 1 fully saturated rings. The fourth-order valence-electron chi connectivity index (χ4n) is 5.95. The number of ether oxygens (including phenoxy) is 1. The van der Waals surface area contributed by atoms with Gasteiger partial charge in [0.05, 0.1) is 49.3 Å². The van der Waals surface area contributed by atoms with Crippen LogP contribution in [0, 0.1) is 11.3 Å². The highest BCUT2D eigenvalue weighted by Crippen LogP contribution is 2.37. The van der Waals surface area contributed by atoms with Crippen LogP contribution in [0.25, 0.3) is 0 Å². The lowest BCUT2D eigenvalue weighted by Crippen LogP contribution is -2.47. The Morgan fingerprint density at radius 3 is 2.45 bits per heavy atom. The number of fused-ring (bicyclic) bond motifs is 1. The maximum absolute atomic E-state index is 15.1. The molecule has 0 bridgehead atoms. The molecule has 10 nitrogen and oxygen atoms in total. The van der Waals surface area contributed by atoms with E-state index < -0.39 is 17.7 Å². The second kappa shape index (κ2) is 13.1. The van der Waals surface area contributed by atoms with E-state index in [-0.39, 0.29) is 52.0 Å². The van der Waals surface area contributed by atoms with Crippen LogP contribution in [0.3, 0.4) is 0 Å². The summed E-state index contributed by atoms with van der Waals surface area (Å²) in [4.78, 5) is 42.9. The lowest BCUT2D eigenvalue weighted by molar-refractivity contribution is -0.135. The van der Waals surface area contributed by atoms with E-state index in [2.05, 4.69) is 16.5 Å². The molecule has 0 saturated carbocycles. The number of hydrogen-bond donors (Lipinski definition) is 1. The fraction of sp³-hybridized carbons (Fsp3) is 0.286. The van der Waals surface area contributed by atoms with Crippen molar-refractivity contribution in [1.82, 2.24) is 14.7 Å². The normalized spacial score (nSPS) is 16.4. The molecule has 47 heavy (non-hydrogen) atoms. The first kappa shape index (κ1) is 31.6. The molecule has 0 aliphatic carbocycles. The van der Waals surface area contributed by atoms with Gasteiger partial charge in [-0.25, -0.2) is 0 Å². The number of alkyl halides is 2. The van der Waals surface area contributed by atoms with Gasteiger partial charge in [0.25, 0.3) is 17.7 Å². The van der Waals surface area contributed by atoms with Crippen molar-refractivity contribution in [2.45, 2.75) is 38.3 Å². The third-order valence-electron chi connectivity index (χ3n) is 8.50. The minimum atomic E-state index is -3.21. The van der Waals surface area contributed by atoms with Crippen molar-refractivity contribution in [2.75, 3.05) is 36.5 Å². The molecule has 0 unspecified atom stereocenters. The third-order valence-corrected chi connectivity index (χ3v) is 8.50. The summed E-state index contributed by atoms with van der Waals surface area (Å²) in [6.45, 7) is 4.24. The van der Waals surface area contributed by atoms with Gasteiger partial charge in [-0.05, 0) is 43.2 Å². The number of carbonyl (C=O) groups is 3. The van der Waals surface area contributed by atoms with E-state index in [4.69, 9.17) is 4.74 Å². The first-order chi connectivity index (χ1) is 22.7. The number of nitriles is 1. The van der Waals surface area contributed by atoms with Crippen molar-refractivity contribution in [1.29, 1.82) is 5.26 Å². The lowest BCUT2D eigenvalue weighted by Gasteiger charge is -2.34. The molecule has 3 heterocycles. The summed E-state index contributed by atoms with van der Waals surface area (Å²) < 4.78 is 37.1. The number of rotatable bonds is 8. The number of nitrogens with one attached hydrogen (secondary N) is 1. The fourth-order valence-corrected chi connectivity index (χ4v) is 5.95. The van der Waals surface area contributed by atoms with E-state index in [0.717, 1.165) is 0 Å². The standard InChI is InChI=1S/C35H32F2N6O4/c1-23-22-42-32(34(46)43(23)29-12-10-28(11-13-29)35(36,37)27-5-3-2-4-6-27)30(21-39-42)40-33(45)25-8-7-24(26(19-25)20-38)9-14-31(44)41-15-17-47-18-16-41/h2-8,10-13,19,21,23H,9,14-18,22H2,1H3,(H,40,45)/t23-/m0/s1.